The second-order valence-electron chi connectivity index (χ2n) is 9.37. The van der Waals surface area contributed by atoms with E-state index in [0.29, 0.717) is 16.8 Å². The molecule has 6 nitrogen and oxygen atoms in total. The second-order valence-corrected chi connectivity index (χ2v) is 9.37. The average Bonchev–Trinajstić information content (AvgIpc) is 3.51. The Balaban J connectivity index is 1.55. The van der Waals surface area contributed by atoms with E-state index in [1.165, 1.54) is 0 Å². The van der Waals surface area contributed by atoms with Gasteiger partial charge in [0.25, 0.3) is 0 Å². The first-order chi connectivity index (χ1) is 17.7. The van der Waals surface area contributed by atoms with Crippen molar-refractivity contribution in [3.8, 4) is 11.3 Å². The lowest BCUT2D eigenvalue weighted by atomic mass is 9.83. The number of allylic oxidation sites excluding steroid dienone is 3. The van der Waals surface area contributed by atoms with Gasteiger partial charge >= 0.3 is 0 Å². The molecule has 0 saturated heterocycles. The van der Waals surface area contributed by atoms with Gasteiger partial charge in [0.05, 0.1) is 40.0 Å². The van der Waals surface area contributed by atoms with Crippen molar-refractivity contribution in [2.45, 2.75) is 52.1 Å². The quantitative estimate of drug-likeness (QED) is 0.401. The number of ketones is 1. The fourth-order valence-electron chi connectivity index (χ4n) is 5.14. The van der Waals surface area contributed by atoms with Crippen LogP contribution in [0.2, 0.25) is 0 Å². The Kier molecular flexibility index (Phi) is 6.85. The molecule has 3 aromatic rings. The van der Waals surface area contributed by atoms with Crippen LogP contribution in [-0.2, 0) is 11.3 Å². The molecule has 0 radical (unpaired) electrons. The van der Waals surface area contributed by atoms with Gasteiger partial charge in [-0.25, -0.2) is 0 Å². The SMILES string of the molecule is CCCCN1/C(=C2/C(=O)C(c3ccc(-c4cccnc4)n3CCCC)=C2N)C=CC1c1cccnc1. The Morgan fingerprint density at radius 1 is 0.889 bits per heavy atom. The zero-order chi connectivity index (χ0) is 25.1. The fraction of sp³-hybridized carbons (Fsp3) is 0.300. The molecule has 1 unspecified atom stereocenters. The van der Waals surface area contributed by atoms with Crippen molar-refractivity contribution in [3.05, 3.63) is 102 Å². The number of hydrogen-bond donors (Lipinski definition) is 1. The van der Waals surface area contributed by atoms with Crippen LogP contribution in [0.5, 0.6) is 0 Å². The van der Waals surface area contributed by atoms with E-state index in [1.807, 2.05) is 30.6 Å². The van der Waals surface area contributed by atoms with E-state index in [4.69, 9.17) is 5.73 Å². The highest BCUT2D eigenvalue weighted by Gasteiger charge is 2.40. The summed E-state index contributed by atoms with van der Waals surface area (Å²) < 4.78 is 2.22. The topological polar surface area (TPSA) is 77.0 Å². The van der Waals surface area contributed by atoms with Crippen LogP contribution in [-0.4, -0.2) is 31.8 Å². The molecular weight excluding hydrogens is 446 g/mol. The van der Waals surface area contributed by atoms with E-state index in [-0.39, 0.29) is 11.8 Å². The predicted molar refractivity (Wildman–Crippen MR) is 143 cm³/mol. The van der Waals surface area contributed by atoms with Crippen LogP contribution >= 0.6 is 0 Å². The molecule has 0 fully saturated rings. The number of unbranched alkanes of at least 4 members (excludes halogenated alkanes) is 2. The van der Waals surface area contributed by atoms with Gasteiger partial charge in [0, 0.05) is 43.4 Å². The van der Waals surface area contributed by atoms with Crippen LogP contribution in [0.4, 0.5) is 0 Å². The van der Waals surface area contributed by atoms with E-state index in [9.17, 15) is 4.79 Å². The highest BCUT2D eigenvalue weighted by atomic mass is 16.1. The van der Waals surface area contributed by atoms with Crippen LogP contribution in [0.25, 0.3) is 16.8 Å². The Morgan fingerprint density at radius 2 is 1.61 bits per heavy atom. The van der Waals surface area contributed by atoms with Gasteiger partial charge in [0.1, 0.15) is 0 Å². The molecule has 36 heavy (non-hydrogen) atoms. The van der Waals surface area contributed by atoms with Gasteiger partial charge < -0.3 is 15.2 Å². The maximum absolute atomic E-state index is 13.7. The van der Waals surface area contributed by atoms with Crippen LogP contribution < -0.4 is 5.73 Å². The monoisotopic (exact) mass is 479 g/mol. The van der Waals surface area contributed by atoms with Crippen molar-refractivity contribution in [2.75, 3.05) is 6.54 Å². The number of aromatic nitrogens is 3. The first-order valence-corrected chi connectivity index (χ1v) is 12.9. The van der Waals surface area contributed by atoms with Gasteiger partial charge in [0.15, 0.2) is 0 Å². The molecule has 1 aliphatic heterocycles. The zero-order valence-corrected chi connectivity index (χ0v) is 21.0. The molecule has 5 rings (SSSR count). The van der Waals surface area contributed by atoms with E-state index in [0.717, 1.165) is 67.0 Å². The van der Waals surface area contributed by atoms with Crippen LogP contribution in [0.3, 0.4) is 0 Å². The summed E-state index contributed by atoms with van der Waals surface area (Å²) in [4.78, 5) is 24.6. The molecule has 0 amide bonds. The molecule has 6 heteroatoms. The van der Waals surface area contributed by atoms with Gasteiger partial charge in [-0.3, -0.25) is 14.8 Å². The largest absolute Gasteiger partial charge is 0.397 e. The molecule has 0 aromatic carbocycles. The molecule has 0 bridgehead atoms. The molecule has 4 heterocycles. The number of rotatable bonds is 9. The van der Waals surface area contributed by atoms with Gasteiger partial charge in [-0.05, 0) is 54.8 Å². The van der Waals surface area contributed by atoms with Crippen molar-refractivity contribution in [3.63, 3.8) is 0 Å². The van der Waals surface area contributed by atoms with Gasteiger partial charge in [-0.2, -0.15) is 0 Å². The Labute approximate surface area is 212 Å². The Bertz CT molecular complexity index is 1330. The predicted octanol–water partition coefficient (Wildman–Crippen LogP) is 5.67. The third kappa shape index (κ3) is 4.17. The van der Waals surface area contributed by atoms with Crippen LogP contribution in [0.1, 0.15) is 56.8 Å². The summed E-state index contributed by atoms with van der Waals surface area (Å²) in [6.07, 6.45) is 15.7. The zero-order valence-electron chi connectivity index (χ0n) is 21.0. The molecule has 2 aliphatic rings. The van der Waals surface area contributed by atoms with Crippen molar-refractivity contribution >= 4 is 11.4 Å². The van der Waals surface area contributed by atoms with E-state index < -0.39 is 0 Å². The number of hydrogen-bond acceptors (Lipinski definition) is 5. The highest BCUT2D eigenvalue weighted by Crippen LogP contribution is 2.43. The number of carbonyl (C=O) groups is 1. The van der Waals surface area contributed by atoms with Crippen molar-refractivity contribution in [2.24, 2.45) is 5.73 Å². The first kappa shape index (κ1) is 23.8. The summed E-state index contributed by atoms with van der Waals surface area (Å²) >= 11 is 0. The summed E-state index contributed by atoms with van der Waals surface area (Å²) in [5.74, 6) is 0.0223. The molecule has 184 valence electrons. The molecule has 2 N–H and O–H groups in total. The molecule has 1 atom stereocenters. The fourth-order valence-corrected chi connectivity index (χ4v) is 5.14. The maximum atomic E-state index is 13.7. The van der Waals surface area contributed by atoms with Crippen molar-refractivity contribution < 1.29 is 4.79 Å². The third-order valence-corrected chi connectivity index (χ3v) is 7.04. The minimum absolute atomic E-state index is 0.0223. The lowest BCUT2D eigenvalue weighted by molar-refractivity contribution is -0.111. The molecule has 3 aromatic heterocycles. The van der Waals surface area contributed by atoms with Gasteiger partial charge in [-0.15, -0.1) is 0 Å². The molecule has 0 spiro atoms. The van der Waals surface area contributed by atoms with Gasteiger partial charge in [-0.1, -0.05) is 38.8 Å². The second kappa shape index (κ2) is 10.4. The highest BCUT2D eigenvalue weighted by molar-refractivity contribution is 6.39. The molecule has 1 aliphatic carbocycles. The third-order valence-electron chi connectivity index (χ3n) is 7.04. The number of nitrogens with two attached hydrogens (primary N) is 1. The van der Waals surface area contributed by atoms with Gasteiger partial charge in [0.2, 0.25) is 5.78 Å². The van der Waals surface area contributed by atoms with E-state index in [1.54, 1.807) is 12.4 Å². The van der Waals surface area contributed by atoms with Crippen LogP contribution in [0.15, 0.2) is 90.3 Å². The van der Waals surface area contributed by atoms with Crippen LogP contribution in [0, 0.1) is 0 Å². The first-order valence-electron chi connectivity index (χ1n) is 12.9. The van der Waals surface area contributed by atoms with Crippen molar-refractivity contribution in [1.29, 1.82) is 0 Å². The standard InChI is InChI=1S/C30H33N5O/c1-3-5-17-34-23(21-9-7-15-32-19-21)11-13-25(34)27-29(31)28(30(27)36)26-14-12-24(35(26)18-6-4-2)22-10-8-16-33-20-22/h7-16,19-20,23H,3-6,17-18,31H2,1-2H3/b27-25+. The molecule has 0 saturated carbocycles. The van der Waals surface area contributed by atoms with Crippen molar-refractivity contribution in [1.82, 2.24) is 19.4 Å². The number of carbonyl (C=O) groups excluding carboxylic acids is 1. The number of nitrogens with zero attached hydrogens (tertiary/aromatic N) is 4. The number of Topliss-reactive ketones (excluding diaryl/α,β-unsaturated/α-hetero) is 1. The Morgan fingerprint density at radius 3 is 2.28 bits per heavy atom. The smallest absolute Gasteiger partial charge is 0.201 e. The normalized spacial score (nSPS) is 19.3. The van der Waals surface area contributed by atoms with E-state index >= 15 is 0 Å². The minimum Gasteiger partial charge on any atom is -0.397 e. The summed E-state index contributed by atoms with van der Waals surface area (Å²) in [6, 6.07) is 12.2. The lowest BCUT2D eigenvalue weighted by Gasteiger charge is -2.33. The maximum Gasteiger partial charge on any atom is 0.201 e. The summed E-state index contributed by atoms with van der Waals surface area (Å²) in [6.45, 7) is 6.04. The van der Waals surface area contributed by atoms with E-state index in [2.05, 4.69) is 63.6 Å². The Hall–Kier alpha value is -3.93. The summed E-state index contributed by atoms with van der Waals surface area (Å²) in [7, 11) is 0. The number of pyridine rings is 2. The molecular formula is C30H33N5O. The lowest BCUT2D eigenvalue weighted by Crippen LogP contribution is -2.33. The minimum atomic E-state index is 0.0223. The summed E-state index contributed by atoms with van der Waals surface area (Å²) in [5.41, 5.74) is 13.6. The average molecular weight is 480 g/mol. The summed E-state index contributed by atoms with van der Waals surface area (Å²) in [5, 5.41) is 0.